The first-order valence-corrected chi connectivity index (χ1v) is 8.09. The Morgan fingerprint density at radius 2 is 1.70 bits per heavy atom. The van der Waals surface area contributed by atoms with Gasteiger partial charge in [-0.3, -0.25) is 4.90 Å². The molecule has 3 heteroatoms. The van der Waals surface area contributed by atoms with Gasteiger partial charge in [0.2, 0.25) is 0 Å². The van der Waals surface area contributed by atoms with Crippen LogP contribution in [0.25, 0.3) is 0 Å². The highest BCUT2D eigenvalue weighted by Crippen LogP contribution is 2.28. The van der Waals surface area contributed by atoms with Gasteiger partial charge in [0.05, 0.1) is 0 Å². The van der Waals surface area contributed by atoms with E-state index in [0.29, 0.717) is 0 Å². The van der Waals surface area contributed by atoms with Gasteiger partial charge in [0.25, 0.3) is 0 Å². The van der Waals surface area contributed by atoms with Crippen LogP contribution in [0.5, 0.6) is 0 Å². The van der Waals surface area contributed by atoms with Gasteiger partial charge in [-0.1, -0.05) is 31.0 Å². The third-order valence-electron chi connectivity index (χ3n) is 4.92. The van der Waals surface area contributed by atoms with Crippen LogP contribution in [0.15, 0.2) is 24.3 Å². The van der Waals surface area contributed by atoms with E-state index in [1.54, 1.807) is 0 Å². The van der Waals surface area contributed by atoms with Crippen molar-refractivity contribution in [3.8, 4) is 0 Å². The van der Waals surface area contributed by atoms with E-state index >= 15 is 0 Å². The summed E-state index contributed by atoms with van der Waals surface area (Å²) in [5.74, 6) is 0. The predicted molar refractivity (Wildman–Crippen MR) is 85.1 cm³/mol. The van der Waals surface area contributed by atoms with Gasteiger partial charge in [0, 0.05) is 44.0 Å². The van der Waals surface area contributed by atoms with Gasteiger partial charge < -0.3 is 10.6 Å². The van der Waals surface area contributed by atoms with Gasteiger partial charge in [-0.25, -0.2) is 0 Å². The van der Waals surface area contributed by atoms with E-state index < -0.39 is 0 Å². The average Bonchev–Trinajstić information content (AvgIpc) is 3.02. The minimum atomic E-state index is 0.110. The largest absolute Gasteiger partial charge is 0.369 e. The first-order valence-electron chi connectivity index (χ1n) is 8.09. The maximum absolute atomic E-state index is 6.11. The van der Waals surface area contributed by atoms with E-state index in [4.69, 9.17) is 5.73 Å². The zero-order chi connectivity index (χ0) is 13.9. The summed E-state index contributed by atoms with van der Waals surface area (Å²) in [5, 5.41) is 0. The van der Waals surface area contributed by atoms with Crippen molar-refractivity contribution in [1.29, 1.82) is 0 Å². The van der Waals surface area contributed by atoms with Crippen LogP contribution in [-0.4, -0.2) is 37.1 Å². The smallest absolute Gasteiger partial charge is 0.0415 e. The lowest BCUT2D eigenvalue weighted by molar-refractivity contribution is 0.187. The van der Waals surface area contributed by atoms with Crippen LogP contribution < -0.4 is 10.6 Å². The molecule has 1 heterocycles. The summed E-state index contributed by atoms with van der Waals surface area (Å²) in [6, 6.07) is 9.59. The fourth-order valence-electron chi connectivity index (χ4n) is 3.76. The summed E-state index contributed by atoms with van der Waals surface area (Å²) >= 11 is 0. The number of hydrogen-bond donors (Lipinski definition) is 1. The molecule has 110 valence electrons. The lowest BCUT2D eigenvalue weighted by Crippen LogP contribution is -2.50. The Morgan fingerprint density at radius 1 is 1.05 bits per heavy atom. The maximum atomic E-state index is 6.11. The molecule has 2 aliphatic rings. The number of benzene rings is 1. The Balaban J connectivity index is 1.66. The molecule has 0 unspecified atom stereocenters. The van der Waals surface area contributed by atoms with Crippen LogP contribution in [-0.2, 0) is 0 Å². The van der Waals surface area contributed by atoms with Crippen LogP contribution in [0.1, 0.15) is 44.2 Å². The molecule has 0 bridgehead atoms. The van der Waals surface area contributed by atoms with E-state index in [9.17, 15) is 0 Å². The molecule has 1 aromatic rings. The van der Waals surface area contributed by atoms with E-state index in [0.717, 1.165) is 19.1 Å². The molecule has 1 saturated carbocycles. The molecule has 0 aromatic heterocycles. The highest BCUT2D eigenvalue weighted by molar-refractivity contribution is 5.55. The zero-order valence-electron chi connectivity index (χ0n) is 12.6. The maximum Gasteiger partial charge on any atom is 0.0415 e. The van der Waals surface area contributed by atoms with Crippen molar-refractivity contribution < 1.29 is 0 Å². The van der Waals surface area contributed by atoms with Gasteiger partial charge in [-0.2, -0.15) is 0 Å². The van der Waals surface area contributed by atoms with Crippen molar-refractivity contribution in [3.05, 3.63) is 29.8 Å². The average molecular weight is 273 g/mol. The minimum absolute atomic E-state index is 0.110. The van der Waals surface area contributed by atoms with Crippen LogP contribution >= 0.6 is 0 Å². The lowest BCUT2D eigenvalue weighted by atomic mass is 10.0. The number of anilines is 1. The summed E-state index contributed by atoms with van der Waals surface area (Å²) in [7, 11) is 0. The molecule has 3 nitrogen and oxygen atoms in total. The van der Waals surface area contributed by atoms with Crippen LogP contribution in [0.4, 0.5) is 5.69 Å². The lowest BCUT2D eigenvalue weighted by Gasteiger charge is -2.40. The quantitative estimate of drug-likeness (QED) is 0.919. The number of para-hydroxylation sites is 1. The second-order valence-corrected chi connectivity index (χ2v) is 6.31. The van der Waals surface area contributed by atoms with E-state index in [1.165, 1.54) is 50.0 Å². The van der Waals surface area contributed by atoms with Gasteiger partial charge in [0.15, 0.2) is 0 Å². The SMILES string of the molecule is C[C@H](N)c1ccccc1N1CCN(C2CCCC2)CC1. The summed E-state index contributed by atoms with van der Waals surface area (Å²) in [5.41, 5.74) is 8.73. The molecule has 1 aromatic carbocycles. The van der Waals surface area contributed by atoms with Gasteiger partial charge >= 0.3 is 0 Å². The fourth-order valence-corrected chi connectivity index (χ4v) is 3.76. The standard InChI is InChI=1S/C17H27N3/c1-14(18)16-8-4-5-9-17(16)20-12-10-19(11-13-20)15-6-2-3-7-15/h4-5,8-9,14-15H,2-3,6-7,10-13,18H2,1H3/t14-/m0/s1. The summed E-state index contributed by atoms with van der Waals surface area (Å²) < 4.78 is 0. The summed E-state index contributed by atoms with van der Waals surface area (Å²) in [4.78, 5) is 5.22. The predicted octanol–water partition coefficient (Wildman–Crippen LogP) is 2.77. The number of nitrogens with two attached hydrogens (primary N) is 1. The molecule has 1 saturated heterocycles. The first kappa shape index (κ1) is 13.9. The number of piperazine rings is 1. The normalized spacial score (nSPS) is 23.2. The van der Waals surface area contributed by atoms with Crippen LogP contribution in [0.3, 0.4) is 0 Å². The molecular weight excluding hydrogens is 246 g/mol. The second-order valence-electron chi connectivity index (χ2n) is 6.31. The molecule has 0 amide bonds. The molecule has 1 atom stereocenters. The molecule has 1 aliphatic heterocycles. The van der Waals surface area contributed by atoms with Crippen molar-refractivity contribution in [2.45, 2.75) is 44.7 Å². The summed E-state index contributed by atoms with van der Waals surface area (Å²) in [6.07, 6.45) is 5.68. The van der Waals surface area contributed by atoms with E-state index in [-0.39, 0.29) is 6.04 Å². The monoisotopic (exact) mass is 273 g/mol. The number of hydrogen-bond acceptors (Lipinski definition) is 3. The van der Waals surface area contributed by atoms with Crippen molar-refractivity contribution in [2.24, 2.45) is 5.73 Å². The van der Waals surface area contributed by atoms with Crippen molar-refractivity contribution in [3.63, 3.8) is 0 Å². The summed E-state index contributed by atoms with van der Waals surface area (Å²) in [6.45, 7) is 6.77. The molecule has 0 radical (unpaired) electrons. The Morgan fingerprint density at radius 3 is 2.35 bits per heavy atom. The Kier molecular flexibility index (Phi) is 4.27. The van der Waals surface area contributed by atoms with Crippen LogP contribution in [0.2, 0.25) is 0 Å². The molecule has 20 heavy (non-hydrogen) atoms. The highest BCUT2D eigenvalue weighted by Gasteiger charge is 2.26. The second kappa shape index (κ2) is 6.15. The molecule has 1 aliphatic carbocycles. The molecule has 2 N–H and O–H groups in total. The highest BCUT2D eigenvalue weighted by atomic mass is 15.3. The van der Waals surface area contributed by atoms with Crippen LogP contribution in [0, 0.1) is 0 Å². The minimum Gasteiger partial charge on any atom is -0.369 e. The molecule has 0 spiro atoms. The molecule has 3 rings (SSSR count). The molecule has 2 fully saturated rings. The Hall–Kier alpha value is -1.06. The van der Waals surface area contributed by atoms with E-state index in [2.05, 4.69) is 41.0 Å². The fraction of sp³-hybridized carbons (Fsp3) is 0.647. The topological polar surface area (TPSA) is 32.5 Å². The third kappa shape index (κ3) is 2.84. The van der Waals surface area contributed by atoms with Crippen molar-refractivity contribution >= 4 is 5.69 Å². The number of nitrogens with zero attached hydrogens (tertiary/aromatic N) is 2. The Bertz CT molecular complexity index is 430. The third-order valence-corrected chi connectivity index (χ3v) is 4.92. The molecular formula is C17H27N3. The zero-order valence-corrected chi connectivity index (χ0v) is 12.6. The van der Waals surface area contributed by atoms with E-state index in [1.807, 2.05) is 0 Å². The Labute approximate surface area is 122 Å². The van der Waals surface area contributed by atoms with Gasteiger partial charge in [-0.15, -0.1) is 0 Å². The van der Waals surface area contributed by atoms with Crippen molar-refractivity contribution in [1.82, 2.24) is 4.90 Å². The first-order chi connectivity index (χ1) is 9.75. The number of rotatable bonds is 3. The van der Waals surface area contributed by atoms with Crippen molar-refractivity contribution in [2.75, 3.05) is 31.1 Å². The van der Waals surface area contributed by atoms with Gasteiger partial charge in [-0.05, 0) is 31.4 Å². The van der Waals surface area contributed by atoms with Gasteiger partial charge in [0.1, 0.15) is 0 Å².